The van der Waals surface area contributed by atoms with Crippen LogP contribution >= 0.6 is 23.2 Å². The molecule has 0 bridgehead atoms. The SMILES string of the molecule is O=C(NC1CCCC1)[C@@H](Cc1ccccc1)N(Cc1ccc(F)cc1)C(=O)COc1ccc(Cl)cc1Cl. The van der Waals surface area contributed by atoms with Gasteiger partial charge < -0.3 is 15.0 Å². The summed E-state index contributed by atoms with van der Waals surface area (Å²) >= 11 is 12.2. The zero-order chi connectivity index (χ0) is 26.2. The van der Waals surface area contributed by atoms with Gasteiger partial charge in [0.25, 0.3) is 5.91 Å². The van der Waals surface area contributed by atoms with E-state index in [0.717, 1.165) is 31.2 Å². The van der Waals surface area contributed by atoms with E-state index in [2.05, 4.69) is 5.32 Å². The molecule has 5 nitrogen and oxygen atoms in total. The molecule has 37 heavy (non-hydrogen) atoms. The molecule has 0 aromatic heterocycles. The van der Waals surface area contributed by atoms with Crippen molar-refractivity contribution in [1.29, 1.82) is 0 Å². The Morgan fingerprint density at radius 2 is 1.68 bits per heavy atom. The van der Waals surface area contributed by atoms with Crippen molar-refractivity contribution in [3.63, 3.8) is 0 Å². The lowest BCUT2D eigenvalue weighted by molar-refractivity contribution is -0.143. The Bertz CT molecular complexity index is 1200. The average molecular weight is 543 g/mol. The van der Waals surface area contributed by atoms with Crippen LogP contribution in [0, 0.1) is 5.82 Å². The van der Waals surface area contributed by atoms with E-state index in [1.165, 1.54) is 23.1 Å². The lowest BCUT2D eigenvalue weighted by atomic mass is 10.0. The summed E-state index contributed by atoms with van der Waals surface area (Å²) in [6, 6.07) is 19.5. The number of carbonyl (C=O) groups excluding carboxylic acids is 2. The Hall–Kier alpha value is -3.09. The zero-order valence-corrected chi connectivity index (χ0v) is 21.9. The van der Waals surface area contributed by atoms with Crippen LogP contribution in [0.2, 0.25) is 10.0 Å². The van der Waals surface area contributed by atoms with Crippen molar-refractivity contribution < 1.29 is 18.7 Å². The van der Waals surface area contributed by atoms with Crippen molar-refractivity contribution in [3.05, 3.63) is 99.8 Å². The number of ether oxygens (including phenoxy) is 1. The predicted octanol–water partition coefficient (Wildman–Crippen LogP) is 6.21. The molecule has 0 spiro atoms. The summed E-state index contributed by atoms with van der Waals surface area (Å²) in [5, 5.41) is 3.88. The standard InChI is InChI=1S/C29H29Cl2FN2O3/c30-22-12-15-27(25(31)17-22)37-19-28(35)34(18-21-10-13-23(32)14-11-21)26(16-20-6-2-1-3-7-20)29(36)33-24-8-4-5-9-24/h1-3,6-7,10-15,17,24,26H,4-5,8-9,16,18-19H2,(H,33,36)/t26-/m1/s1. The summed E-state index contributed by atoms with van der Waals surface area (Å²) in [6.07, 6.45) is 4.32. The molecule has 3 aromatic rings. The highest BCUT2D eigenvalue weighted by molar-refractivity contribution is 6.35. The van der Waals surface area contributed by atoms with Crippen LogP contribution in [0.3, 0.4) is 0 Å². The Labute approximate surface area is 226 Å². The van der Waals surface area contributed by atoms with Gasteiger partial charge in [-0.2, -0.15) is 0 Å². The van der Waals surface area contributed by atoms with Crippen LogP contribution in [0.15, 0.2) is 72.8 Å². The van der Waals surface area contributed by atoms with Crippen LogP contribution in [0.1, 0.15) is 36.8 Å². The van der Waals surface area contributed by atoms with Crippen molar-refractivity contribution in [1.82, 2.24) is 10.2 Å². The second-order valence-electron chi connectivity index (χ2n) is 9.21. The van der Waals surface area contributed by atoms with Crippen LogP contribution < -0.4 is 10.1 Å². The van der Waals surface area contributed by atoms with E-state index in [9.17, 15) is 14.0 Å². The highest BCUT2D eigenvalue weighted by atomic mass is 35.5. The Morgan fingerprint density at radius 3 is 2.35 bits per heavy atom. The van der Waals surface area contributed by atoms with Crippen LogP contribution in [-0.2, 0) is 22.6 Å². The summed E-state index contributed by atoms with van der Waals surface area (Å²) in [6.45, 7) is -0.211. The van der Waals surface area contributed by atoms with Crippen molar-refractivity contribution in [2.75, 3.05) is 6.61 Å². The van der Waals surface area contributed by atoms with Gasteiger partial charge in [-0.25, -0.2) is 4.39 Å². The Balaban J connectivity index is 1.61. The molecule has 1 atom stereocenters. The topological polar surface area (TPSA) is 58.6 Å². The third kappa shape index (κ3) is 7.70. The molecule has 0 radical (unpaired) electrons. The van der Waals surface area contributed by atoms with E-state index >= 15 is 0 Å². The van der Waals surface area contributed by atoms with Gasteiger partial charge in [-0.15, -0.1) is 0 Å². The third-order valence-corrected chi connectivity index (χ3v) is 7.01. The van der Waals surface area contributed by atoms with Crippen molar-refractivity contribution in [3.8, 4) is 5.75 Å². The van der Waals surface area contributed by atoms with Gasteiger partial charge in [-0.1, -0.05) is 78.5 Å². The predicted molar refractivity (Wildman–Crippen MR) is 143 cm³/mol. The minimum atomic E-state index is -0.787. The summed E-state index contributed by atoms with van der Waals surface area (Å²) < 4.78 is 19.3. The molecule has 1 aliphatic rings. The molecule has 1 N–H and O–H groups in total. The van der Waals surface area contributed by atoms with Crippen LogP contribution in [-0.4, -0.2) is 35.4 Å². The fourth-order valence-electron chi connectivity index (χ4n) is 4.52. The third-order valence-electron chi connectivity index (χ3n) is 6.48. The summed E-state index contributed by atoms with van der Waals surface area (Å²) in [4.78, 5) is 28.7. The second kappa shape index (κ2) is 12.9. The molecule has 3 aromatic carbocycles. The number of hydrogen-bond acceptors (Lipinski definition) is 3. The maximum atomic E-state index is 13.6. The van der Waals surface area contributed by atoms with Crippen LogP contribution in [0.5, 0.6) is 5.75 Å². The molecule has 1 fully saturated rings. The first-order chi connectivity index (χ1) is 17.9. The molecule has 0 unspecified atom stereocenters. The lowest BCUT2D eigenvalue weighted by Crippen LogP contribution is -2.53. The van der Waals surface area contributed by atoms with E-state index in [1.807, 2.05) is 30.3 Å². The number of amides is 2. The number of nitrogens with one attached hydrogen (secondary N) is 1. The van der Waals surface area contributed by atoms with Gasteiger partial charge in [0.05, 0.1) is 5.02 Å². The van der Waals surface area contributed by atoms with Crippen LogP contribution in [0.25, 0.3) is 0 Å². The number of hydrogen-bond donors (Lipinski definition) is 1. The summed E-state index contributed by atoms with van der Waals surface area (Å²) in [5.41, 5.74) is 1.62. The van der Waals surface area contributed by atoms with Crippen LogP contribution in [0.4, 0.5) is 4.39 Å². The monoisotopic (exact) mass is 542 g/mol. The molecule has 4 rings (SSSR count). The fraction of sp³-hybridized carbons (Fsp3) is 0.310. The number of halogens is 3. The first-order valence-corrected chi connectivity index (χ1v) is 13.1. The first kappa shape index (κ1) is 27.0. The van der Waals surface area contributed by atoms with E-state index in [4.69, 9.17) is 27.9 Å². The van der Waals surface area contributed by atoms with Gasteiger partial charge in [0.2, 0.25) is 5.91 Å². The van der Waals surface area contributed by atoms with E-state index < -0.39 is 11.9 Å². The minimum absolute atomic E-state index is 0.0951. The number of benzene rings is 3. The van der Waals surface area contributed by atoms with Crippen molar-refractivity contribution in [2.24, 2.45) is 0 Å². The van der Waals surface area contributed by atoms with Gasteiger partial charge in [0.15, 0.2) is 6.61 Å². The first-order valence-electron chi connectivity index (χ1n) is 12.3. The van der Waals surface area contributed by atoms with Gasteiger partial charge >= 0.3 is 0 Å². The number of rotatable bonds is 10. The molecular weight excluding hydrogens is 514 g/mol. The lowest BCUT2D eigenvalue weighted by Gasteiger charge is -2.32. The van der Waals surface area contributed by atoms with Gasteiger partial charge in [-0.05, 0) is 54.3 Å². The average Bonchev–Trinajstić information content (AvgIpc) is 3.40. The smallest absolute Gasteiger partial charge is 0.261 e. The van der Waals surface area contributed by atoms with Gasteiger partial charge in [-0.3, -0.25) is 9.59 Å². The molecule has 1 saturated carbocycles. The Kier molecular flexibility index (Phi) is 9.42. The number of carbonyl (C=O) groups is 2. The highest BCUT2D eigenvalue weighted by Crippen LogP contribution is 2.28. The fourth-order valence-corrected chi connectivity index (χ4v) is 4.99. The molecule has 0 aliphatic heterocycles. The van der Waals surface area contributed by atoms with Crippen molar-refractivity contribution >= 4 is 35.0 Å². The van der Waals surface area contributed by atoms with E-state index in [-0.39, 0.29) is 35.9 Å². The molecule has 2 amide bonds. The largest absolute Gasteiger partial charge is 0.482 e. The second-order valence-corrected chi connectivity index (χ2v) is 10.1. The minimum Gasteiger partial charge on any atom is -0.482 e. The highest BCUT2D eigenvalue weighted by Gasteiger charge is 2.32. The molecule has 0 saturated heterocycles. The maximum absolute atomic E-state index is 13.6. The molecule has 0 heterocycles. The molecule has 194 valence electrons. The van der Waals surface area contributed by atoms with Gasteiger partial charge in [0.1, 0.15) is 17.6 Å². The maximum Gasteiger partial charge on any atom is 0.261 e. The Morgan fingerprint density at radius 1 is 0.973 bits per heavy atom. The van der Waals surface area contributed by atoms with Crippen molar-refractivity contribution in [2.45, 2.75) is 50.7 Å². The summed E-state index contributed by atoms with van der Waals surface area (Å²) in [7, 11) is 0. The molecular formula is C29H29Cl2FN2O3. The number of nitrogens with zero attached hydrogens (tertiary/aromatic N) is 1. The van der Waals surface area contributed by atoms with E-state index in [1.54, 1.807) is 24.3 Å². The molecule has 1 aliphatic carbocycles. The zero-order valence-electron chi connectivity index (χ0n) is 20.3. The normalized spacial score (nSPS) is 14.2. The summed E-state index contributed by atoms with van der Waals surface area (Å²) in [5.74, 6) is -0.660. The van der Waals surface area contributed by atoms with Gasteiger partial charge in [0, 0.05) is 24.0 Å². The molecule has 8 heteroatoms. The van der Waals surface area contributed by atoms with E-state index in [0.29, 0.717) is 22.8 Å². The quantitative estimate of drug-likeness (QED) is 0.331.